The molecule has 0 bridgehead atoms. The quantitative estimate of drug-likeness (QED) is 0.584. The fourth-order valence-corrected chi connectivity index (χ4v) is 3.22. The molecule has 3 aliphatic rings. The molecule has 0 radical (unpaired) electrons. The summed E-state index contributed by atoms with van der Waals surface area (Å²) in [5.74, 6) is 1.23. The Hall–Kier alpha value is -1.26. The minimum absolute atomic E-state index is 0.310. The van der Waals surface area contributed by atoms with Crippen molar-refractivity contribution in [1.82, 2.24) is 10.2 Å². The second-order valence-electron chi connectivity index (χ2n) is 6.20. The van der Waals surface area contributed by atoms with Gasteiger partial charge in [-0.25, -0.2) is 0 Å². The molecular weight excluding hydrogens is 240 g/mol. The lowest BCUT2D eigenvalue weighted by Gasteiger charge is -2.15. The normalized spacial score (nSPS) is 29.3. The maximum Gasteiger partial charge on any atom is 0.223 e. The van der Waals surface area contributed by atoms with Crippen LogP contribution in [-0.2, 0) is 4.79 Å². The van der Waals surface area contributed by atoms with E-state index in [4.69, 9.17) is 5.73 Å². The molecule has 5 heteroatoms. The molecule has 1 unspecified atom stereocenters. The number of nitrogens with two attached hydrogens (primary N) is 1. The second-order valence-corrected chi connectivity index (χ2v) is 6.20. The Morgan fingerprint density at radius 2 is 2.05 bits per heavy atom. The molecule has 0 aromatic heterocycles. The van der Waals surface area contributed by atoms with Gasteiger partial charge in [-0.3, -0.25) is 9.79 Å². The van der Waals surface area contributed by atoms with Gasteiger partial charge in [0.25, 0.3) is 0 Å². The molecule has 1 heterocycles. The molecule has 1 atom stereocenters. The number of hydrogen-bond acceptors (Lipinski definition) is 2. The lowest BCUT2D eigenvalue weighted by Crippen LogP contribution is -2.39. The first kappa shape index (κ1) is 12.8. The number of aliphatic imine (C=N–C) groups is 1. The average molecular weight is 264 g/mol. The van der Waals surface area contributed by atoms with E-state index in [0.717, 1.165) is 6.54 Å². The van der Waals surface area contributed by atoms with Crippen LogP contribution in [0.25, 0.3) is 0 Å². The molecule has 0 aromatic carbocycles. The minimum Gasteiger partial charge on any atom is -0.370 e. The third kappa shape index (κ3) is 3.19. The van der Waals surface area contributed by atoms with Crippen LogP contribution in [0.3, 0.4) is 0 Å². The molecule has 1 aliphatic heterocycles. The largest absolute Gasteiger partial charge is 0.370 e. The monoisotopic (exact) mass is 264 g/mol. The van der Waals surface area contributed by atoms with Crippen LogP contribution in [0.5, 0.6) is 0 Å². The summed E-state index contributed by atoms with van der Waals surface area (Å²) < 4.78 is 0. The first-order chi connectivity index (χ1) is 9.22. The van der Waals surface area contributed by atoms with E-state index in [-0.39, 0.29) is 0 Å². The van der Waals surface area contributed by atoms with Gasteiger partial charge in [-0.2, -0.15) is 0 Å². The predicted molar refractivity (Wildman–Crippen MR) is 74.7 cm³/mol. The Morgan fingerprint density at radius 1 is 1.32 bits per heavy atom. The zero-order valence-electron chi connectivity index (χ0n) is 11.5. The number of amides is 1. The fraction of sp³-hybridized carbons (Fsp3) is 0.857. The van der Waals surface area contributed by atoms with Crippen molar-refractivity contribution in [3.63, 3.8) is 0 Å². The van der Waals surface area contributed by atoms with Gasteiger partial charge in [-0.15, -0.1) is 0 Å². The number of carbonyl (C=O) groups is 1. The Labute approximate surface area is 114 Å². The van der Waals surface area contributed by atoms with Crippen LogP contribution in [0.1, 0.15) is 44.9 Å². The van der Waals surface area contributed by atoms with Gasteiger partial charge >= 0.3 is 0 Å². The number of likely N-dealkylation sites (tertiary alicyclic amines) is 1. The third-order valence-corrected chi connectivity index (χ3v) is 4.45. The molecule has 106 valence electrons. The van der Waals surface area contributed by atoms with Crippen molar-refractivity contribution in [2.75, 3.05) is 13.1 Å². The van der Waals surface area contributed by atoms with E-state index in [0.29, 0.717) is 42.8 Å². The Balaban J connectivity index is 1.44. The van der Waals surface area contributed by atoms with Gasteiger partial charge in [0.2, 0.25) is 5.91 Å². The maximum absolute atomic E-state index is 11.8. The molecule has 2 aliphatic carbocycles. The number of nitrogens with zero attached hydrogens (tertiary/aromatic N) is 2. The first-order valence-corrected chi connectivity index (χ1v) is 7.58. The van der Waals surface area contributed by atoms with Gasteiger partial charge in [0.15, 0.2) is 5.96 Å². The summed E-state index contributed by atoms with van der Waals surface area (Å²) in [6, 6.07) is 1.05. The highest BCUT2D eigenvalue weighted by Gasteiger charge is 2.39. The van der Waals surface area contributed by atoms with E-state index in [1.165, 1.54) is 38.5 Å². The lowest BCUT2D eigenvalue weighted by atomic mass is 10.1. The van der Waals surface area contributed by atoms with Crippen LogP contribution in [0.15, 0.2) is 4.99 Å². The molecule has 1 saturated heterocycles. The summed E-state index contributed by atoms with van der Waals surface area (Å²) in [4.78, 5) is 18.3. The maximum atomic E-state index is 11.8. The summed E-state index contributed by atoms with van der Waals surface area (Å²) in [5, 5.41) is 3.29. The molecule has 19 heavy (non-hydrogen) atoms. The summed E-state index contributed by atoms with van der Waals surface area (Å²) >= 11 is 0. The van der Waals surface area contributed by atoms with Crippen LogP contribution in [-0.4, -0.2) is 41.9 Å². The van der Waals surface area contributed by atoms with Crippen molar-refractivity contribution >= 4 is 11.9 Å². The minimum atomic E-state index is 0.310. The first-order valence-electron chi connectivity index (χ1n) is 7.58. The highest BCUT2D eigenvalue weighted by Crippen LogP contribution is 2.32. The molecule has 3 N–H and O–H groups in total. The van der Waals surface area contributed by atoms with Crippen LogP contribution in [0, 0.1) is 5.92 Å². The Bertz CT molecular complexity index is 372. The van der Waals surface area contributed by atoms with Crippen molar-refractivity contribution in [2.45, 2.75) is 57.0 Å². The molecule has 3 fully saturated rings. The van der Waals surface area contributed by atoms with E-state index in [2.05, 4.69) is 10.3 Å². The van der Waals surface area contributed by atoms with E-state index in [9.17, 15) is 4.79 Å². The Kier molecular flexibility index (Phi) is 3.62. The number of hydrogen-bond donors (Lipinski definition) is 2. The topological polar surface area (TPSA) is 70.7 Å². The van der Waals surface area contributed by atoms with Crippen LogP contribution >= 0.6 is 0 Å². The standard InChI is InChI=1S/C14H24N4O/c15-14(17-11-3-1-2-4-11)16-8-10-7-13(19)18(9-10)12-5-6-12/h10-12H,1-9H2,(H3,15,16,17). The fourth-order valence-electron chi connectivity index (χ4n) is 3.22. The van der Waals surface area contributed by atoms with Crippen molar-refractivity contribution in [3.05, 3.63) is 0 Å². The van der Waals surface area contributed by atoms with Crippen LogP contribution in [0.4, 0.5) is 0 Å². The number of carbonyl (C=O) groups excluding carboxylic acids is 1. The predicted octanol–water partition coefficient (Wildman–Crippen LogP) is 0.844. The lowest BCUT2D eigenvalue weighted by molar-refractivity contribution is -0.128. The summed E-state index contributed by atoms with van der Waals surface area (Å²) in [5.41, 5.74) is 5.91. The van der Waals surface area contributed by atoms with Gasteiger partial charge in [-0.1, -0.05) is 12.8 Å². The van der Waals surface area contributed by atoms with Crippen molar-refractivity contribution in [1.29, 1.82) is 0 Å². The summed E-state index contributed by atoms with van der Waals surface area (Å²) in [6.45, 7) is 1.56. The van der Waals surface area contributed by atoms with Crippen molar-refractivity contribution < 1.29 is 4.79 Å². The van der Waals surface area contributed by atoms with Gasteiger partial charge in [0.05, 0.1) is 0 Å². The molecular formula is C14H24N4O. The van der Waals surface area contributed by atoms with E-state index in [1.54, 1.807) is 0 Å². The van der Waals surface area contributed by atoms with Gasteiger partial charge in [0, 0.05) is 37.5 Å². The van der Waals surface area contributed by atoms with Gasteiger partial charge in [-0.05, 0) is 25.7 Å². The van der Waals surface area contributed by atoms with E-state index >= 15 is 0 Å². The zero-order valence-corrected chi connectivity index (χ0v) is 11.5. The zero-order chi connectivity index (χ0) is 13.2. The molecule has 3 rings (SSSR count). The third-order valence-electron chi connectivity index (χ3n) is 4.45. The van der Waals surface area contributed by atoms with Gasteiger partial charge in [0.1, 0.15) is 0 Å². The molecule has 0 spiro atoms. The smallest absolute Gasteiger partial charge is 0.223 e. The van der Waals surface area contributed by atoms with Crippen LogP contribution < -0.4 is 11.1 Å². The molecule has 5 nitrogen and oxygen atoms in total. The van der Waals surface area contributed by atoms with E-state index in [1.807, 2.05) is 4.90 Å². The second kappa shape index (κ2) is 5.39. The number of nitrogens with one attached hydrogen (secondary N) is 1. The van der Waals surface area contributed by atoms with Crippen molar-refractivity contribution in [2.24, 2.45) is 16.6 Å². The molecule has 0 aromatic rings. The molecule has 1 amide bonds. The summed E-state index contributed by atoms with van der Waals surface area (Å²) in [6.07, 6.45) is 8.01. The molecule has 2 saturated carbocycles. The summed E-state index contributed by atoms with van der Waals surface area (Å²) in [7, 11) is 0. The van der Waals surface area contributed by atoms with Crippen LogP contribution in [0.2, 0.25) is 0 Å². The Morgan fingerprint density at radius 3 is 2.74 bits per heavy atom. The van der Waals surface area contributed by atoms with E-state index < -0.39 is 0 Å². The number of guanidine groups is 1. The highest BCUT2D eigenvalue weighted by atomic mass is 16.2. The van der Waals surface area contributed by atoms with Gasteiger partial charge < -0.3 is 16.0 Å². The number of rotatable bonds is 4. The highest BCUT2D eigenvalue weighted by molar-refractivity contribution is 5.80. The average Bonchev–Trinajstić information content (AvgIpc) is 2.97. The SMILES string of the molecule is NC(=NCC1CC(=O)N(C2CC2)C1)NC1CCCC1. The van der Waals surface area contributed by atoms with Crippen molar-refractivity contribution in [3.8, 4) is 0 Å².